The molecule has 2 N–H and O–H groups in total. The van der Waals surface area contributed by atoms with Gasteiger partial charge in [-0.2, -0.15) is 0 Å². The van der Waals surface area contributed by atoms with E-state index in [-0.39, 0.29) is 28.2 Å². The van der Waals surface area contributed by atoms with Crippen LogP contribution >= 0.6 is 0 Å². The van der Waals surface area contributed by atoms with Crippen LogP contribution in [0.3, 0.4) is 0 Å². The average molecular weight is 356 g/mol. The van der Waals surface area contributed by atoms with E-state index in [2.05, 4.69) is 10.0 Å². The normalized spacial score (nSPS) is 17.7. The first-order chi connectivity index (χ1) is 11.5. The highest BCUT2D eigenvalue weighted by molar-refractivity contribution is 7.89. The molecule has 24 heavy (non-hydrogen) atoms. The summed E-state index contributed by atoms with van der Waals surface area (Å²) in [4.78, 5) is 12.2. The number of amides is 1. The molecule has 0 aliphatic carbocycles. The lowest BCUT2D eigenvalue weighted by Gasteiger charge is -2.13. The first-order valence-electron chi connectivity index (χ1n) is 8.05. The van der Waals surface area contributed by atoms with Gasteiger partial charge in [0.05, 0.1) is 13.2 Å². The zero-order valence-electron chi connectivity index (χ0n) is 14.0. The molecule has 0 aromatic heterocycles. The van der Waals surface area contributed by atoms with E-state index in [4.69, 9.17) is 9.47 Å². The van der Waals surface area contributed by atoms with Crippen molar-refractivity contribution in [2.45, 2.75) is 37.2 Å². The summed E-state index contributed by atoms with van der Waals surface area (Å²) >= 11 is 0. The number of carbonyl (C=O) groups is 1. The van der Waals surface area contributed by atoms with E-state index in [1.165, 1.54) is 19.2 Å². The van der Waals surface area contributed by atoms with Gasteiger partial charge in [-0.15, -0.1) is 0 Å². The van der Waals surface area contributed by atoms with Gasteiger partial charge in [0.2, 0.25) is 10.0 Å². The Kier molecular flexibility index (Phi) is 6.59. The lowest BCUT2D eigenvalue weighted by Crippen LogP contribution is -2.32. The highest BCUT2D eigenvalue weighted by Gasteiger charge is 2.22. The van der Waals surface area contributed by atoms with Crippen LogP contribution in [0.1, 0.15) is 36.5 Å². The lowest BCUT2D eigenvalue weighted by molar-refractivity contribution is 0.0857. The quantitative estimate of drug-likeness (QED) is 0.732. The number of hydrogen-bond donors (Lipinski definition) is 2. The molecule has 1 atom stereocenters. The minimum absolute atomic E-state index is 0.0293. The molecule has 1 amide bonds. The topological polar surface area (TPSA) is 93.7 Å². The summed E-state index contributed by atoms with van der Waals surface area (Å²) < 4.78 is 37.8. The van der Waals surface area contributed by atoms with E-state index >= 15 is 0 Å². The van der Waals surface area contributed by atoms with Crippen molar-refractivity contribution < 1.29 is 22.7 Å². The second-order valence-electron chi connectivity index (χ2n) is 5.61. The third-order valence-electron chi connectivity index (χ3n) is 3.77. The monoisotopic (exact) mass is 356 g/mol. The molecule has 8 heteroatoms. The first kappa shape index (κ1) is 18.7. The molecule has 0 bridgehead atoms. The molecule has 1 saturated heterocycles. The van der Waals surface area contributed by atoms with E-state index in [0.29, 0.717) is 26.1 Å². The van der Waals surface area contributed by atoms with Crippen LogP contribution < -0.4 is 14.8 Å². The van der Waals surface area contributed by atoms with Gasteiger partial charge in [-0.3, -0.25) is 4.79 Å². The molecule has 1 aromatic carbocycles. The third kappa shape index (κ3) is 4.68. The fourth-order valence-electron chi connectivity index (χ4n) is 2.46. The number of carbonyl (C=O) groups excluding carboxylic acids is 1. The Balaban J connectivity index is 2.16. The molecule has 1 fully saturated rings. The van der Waals surface area contributed by atoms with Gasteiger partial charge in [-0.25, -0.2) is 13.1 Å². The molecule has 134 valence electrons. The van der Waals surface area contributed by atoms with Crippen molar-refractivity contribution in [1.82, 2.24) is 10.0 Å². The zero-order valence-corrected chi connectivity index (χ0v) is 14.8. The van der Waals surface area contributed by atoms with E-state index in [1.807, 2.05) is 6.92 Å². The standard InChI is InChI=1S/C16H24N2O5S/c1-3-8-18-24(20,21)15-10-12(6-7-14(15)22-2)16(19)17-11-13-5-4-9-23-13/h6-7,10,13,18H,3-5,8-9,11H2,1-2H3,(H,17,19)/t13-/m0/s1. The molecule has 0 saturated carbocycles. The molecular formula is C16H24N2O5S. The number of rotatable bonds is 8. The smallest absolute Gasteiger partial charge is 0.251 e. The molecule has 1 heterocycles. The van der Waals surface area contributed by atoms with Crippen LogP contribution in [0.4, 0.5) is 0 Å². The molecule has 0 radical (unpaired) electrons. The Morgan fingerprint density at radius 2 is 2.21 bits per heavy atom. The minimum Gasteiger partial charge on any atom is -0.495 e. The molecule has 0 unspecified atom stereocenters. The maximum Gasteiger partial charge on any atom is 0.251 e. The zero-order chi connectivity index (χ0) is 17.6. The predicted molar refractivity (Wildman–Crippen MR) is 89.8 cm³/mol. The van der Waals surface area contributed by atoms with Crippen molar-refractivity contribution >= 4 is 15.9 Å². The Hall–Kier alpha value is -1.64. The number of ether oxygens (including phenoxy) is 2. The number of nitrogens with one attached hydrogen (secondary N) is 2. The Morgan fingerprint density at radius 1 is 1.42 bits per heavy atom. The van der Waals surface area contributed by atoms with E-state index in [9.17, 15) is 13.2 Å². The van der Waals surface area contributed by atoms with Gasteiger partial charge in [0.25, 0.3) is 5.91 Å². The summed E-state index contributed by atoms with van der Waals surface area (Å²) in [5, 5.41) is 2.78. The fourth-order valence-corrected chi connectivity index (χ4v) is 3.78. The van der Waals surface area contributed by atoms with Crippen LogP contribution in [0.15, 0.2) is 23.1 Å². The van der Waals surface area contributed by atoms with Gasteiger partial charge in [0.15, 0.2) is 0 Å². The van der Waals surface area contributed by atoms with Gasteiger partial charge in [0.1, 0.15) is 10.6 Å². The molecule has 0 spiro atoms. The van der Waals surface area contributed by atoms with Crippen molar-refractivity contribution in [3.05, 3.63) is 23.8 Å². The number of sulfonamides is 1. The summed E-state index contributed by atoms with van der Waals surface area (Å²) in [7, 11) is -2.34. The van der Waals surface area contributed by atoms with E-state index < -0.39 is 10.0 Å². The van der Waals surface area contributed by atoms with Crippen molar-refractivity contribution in [2.24, 2.45) is 0 Å². The lowest BCUT2D eigenvalue weighted by atomic mass is 10.2. The molecule has 2 rings (SSSR count). The Bertz CT molecular complexity index is 669. The van der Waals surface area contributed by atoms with Crippen LogP contribution in [-0.4, -0.2) is 47.2 Å². The summed E-state index contributed by atoms with van der Waals surface area (Å²) in [6.07, 6.45) is 2.61. The average Bonchev–Trinajstić information content (AvgIpc) is 3.10. The van der Waals surface area contributed by atoms with Crippen molar-refractivity contribution in [2.75, 3.05) is 26.8 Å². The van der Waals surface area contributed by atoms with Crippen molar-refractivity contribution in [3.63, 3.8) is 0 Å². The van der Waals surface area contributed by atoms with Gasteiger partial charge in [0, 0.05) is 25.3 Å². The molecule has 1 aliphatic rings. The second kappa shape index (κ2) is 8.46. The molecule has 7 nitrogen and oxygen atoms in total. The van der Waals surface area contributed by atoms with Crippen LogP contribution in [-0.2, 0) is 14.8 Å². The van der Waals surface area contributed by atoms with Crippen LogP contribution in [0, 0.1) is 0 Å². The first-order valence-corrected chi connectivity index (χ1v) is 9.53. The van der Waals surface area contributed by atoms with Crippen molar-refractivity contribution in [3.8, 4) is 5.75 Å². The maximum atomic E-state index is 12.4. The van der Waals surface area contributed by atoms with E-state index in [1.54, 1.807) is 6.07 Å². The van der Waals surface area contributed by atoms with Crippen LogP contribution in [0.2, 0.25) is 0 Å². The minimum atomic E-state index is -3.73. The molecule has 1 aliphatic heterocycles. The fraction of sp³-hybridized carbons (Fsp3) is 0.562. The van der Waals surface area contributed by atoms with Crippen LogP contribution in [0.25, 0.3) is 0 Å². The Labute approximate surface area is 142 Å². The predicted octanol–water partition coefficient (Wildman–Crippen LogP) is 1.29. The third-order valence-corrected chi connectivity index (χ3v) is 5.25. The van der Waals surface area contributed by atoms with Gasteiger partial charge in [-0.05, 0) is 37.5 Å². The second-order valence-corrected chi connectivity index (χ2v) is 7.34. The number of benzene rings is 1. The number of methoxy groups -OCH3 is 1. The van der Waals surface area contributed by atoms with Crippen molar-refractivity contribution in [1.29, 1.82) is 0 Å². The van der Waals surface area contributed by atoms with Gasteiger partial charge in [-0.1, -0.05) is 6.92 Å². The van der Waals surface area contributed by atoms with Crippen LogP contribution in [0.5, 0.6) is 5.75 Å². The number of hydrogen-bond acceptors (Lipinski definition) is 5. The molecule has 1 aromatic rings. The highest BCUT2D eigenvalue weighted by Crippen LogP contribution is 2.25. The van der Waals surface area contributed by atoms with Gasteiger partial charge < -0.3 is 14.8 Å². The molecular weight excluding hydrogens is 332 g/mol. The Morgan fingerprint density at radius 3 is 2.83 bits per heavy atom. The summed E-state index contributed by atoms with van der Waals surface area (Å²) in [6.45, 7) is 3.32. The van der Waals surface area contributed by atoms with Gasteiger partial charge >= 0.3 is 0 Å². The summed E-state index contributed by atoms with van der Waals surface area (Å²) in [5.74, 6) is -0.130. The summed E-state index contributed by atoms with van der Waals surface area (Å²) in [5.41, 5.74) is 0.269. The van der Waals surface area contributed by atoms with E-state index in [0.717, 1.165) is 12.8 Å². The largest absolute Gasteiger partial charge is 0.495 e. The summed E-state index contributed by atoms with van der Waals surface area (Å²) in [6, 6.07) is 4.37. The SMILES string of the molecule is CCCNS(=O)(=O)c1cc(C(=O)NC[C@@H]2CCCO2)ccc1OC. The maximum absolute atomic E-state index is 12.4. The highest BCUT2D eigenvalue weighted by atomic mass is 32.2.